The zero-order valence-corrected chi connectivity index (χ0v) is 9.32. The minimum atomic E-state index is -0.723. The maximum Gasteiger partial charge on any atom is 0.311 e. The van der Waals surface area contributed by atoms with E-state index in [1.165, 1.54) is 0 Å². The highest BCUT2D eigenvalue weighted by atomic mass is 16.4. The van der Waals surface area contributed by atoms with Crippen molar-refractivity contribution < 1.29 is 9.90 Å². The Bertz CT molecular complexity index is 409. The van der Waals surface area contributed by atoms with Gasteiger partial charge < -0.3 is 5.11 Å². The van der Waals surface area contributed by atoms with Crippen LogP contribution in [0.3, 0.4) is 0 Å². The van der Waals surface area contributed by atoms with E-state index in [9.17, 15) is 9.90 Å². The minimum Gasteiger partial charge on any atom is -0.481 e. The average Bonchev–Trinajstić information content (AvgIpc) is 2.44. The zero-order valence-electron chi connectivity index (χ0n) is 9.32. The SMILES string of the molecule is Cc1c2c(nn1C)CCC(C)C2C(=O)O. The number of carboxylic acid groups (broad SMARTS) is 1. The molecule has 0 aromatic carbocycles. The number of rotatable bonds is 1. The Morgan fingerprint density at radius 1 is 1.60 bits per heavy atom. The van der Waals surface area contributed by atoms with Crippen LogP contribution in [0.4, 0.5) is 0 Å². The van der Waals surface area contributed by atoms with Crippen molar-refractivity contribution in [1.82, 2.24) is 9.78 Å². The maximum absolute atomic E-state index is 11.3. The van der Waals surface area contributed by atoms with Crippen molar-refractivity contribution >= 4 is 5.97 Å². The fourth-order valence-corrected chi connectivity index (χ4v) is 2.46. The summed E-state index contributed by atoms with van der Waals surface area (Å²) in [4.78, 5) is 11.3. The molecule has 0 aliphatic heterocycles. The van der Waals surface area contributed by atoms with Crippen LogP contribution in [0.5, 0.6) is 0 Å². The highest BCUT2D eigenvalue weighted by Gasteiger charge is 2.35. The molecule has 0 saturated heterocycles. The highest BCUT2D eigenvalue weighted by molar-refractivity contribution is 5.77. The molecule has 1 aliphatic carbocycles. The summed E-state index contributed by atoms with van der Waals surface area (Å²) >= 11 is 0. The van der Waals surface area contributed by atoms with Crippen LogP contribution in [0.15, 0.2) is 0 Å². The summed E-state index contributed by atoms with van der Waals surface area (Å²) in [6.45, 7) is 3.95. The fourth-order valence-electron chi connectivity index (χ4n) is 2.46. The fraction of sp³-hybridized carbons (Fsp3) is 0.636. The lowest BCUT2D eigenvalue weighted by atomic mass is 9.78. The average molecular weight is 208 g/mol. The van der Waals surface area contributed by atoms with Gasteiger partial charge in [-0.1, -0.05) is 6.92 Å². The Morgan fingerprint density at radius 2 is 2.27 bits per heavy atom. The van der Waals surface area contributed by atoms with E-state index in [-0.39, 0.29) is 11.8 Å². The molecule has 4 heteroatoms. The van der Waals surface area contributed by atoms with Crippen LogP contribution in [0.1, 0.15) is 36.2 Å². The standard InChI is InChI=1S/C11H16N2O2/c1-6-4-5-8-10(9(6)11(14)15)7(2)13(3)12-8/h6,9H,4-5H2,1-3H3,(H,14,15). The van der Waals surface area contributed by atoms with E-state index in [1.807, 2.05) is 20.9 Å². The molecule has 1 aromatic rings. The molecule has 0 bridgehead atoms. The number of hydrogen-bond acceptors (Lipinski definition) is 2. The lowest BCUT2D eigenvalue weighted by molar-refractivity contribution is -0.140. The first-order valence-corrected chi connectivity index (χ1v) is 5.27. The molecule has 0 spiro atoms. The first-order valence-electron chi connectivity index (χ1n) is 5.27. The van der Waals surface area contributed by atoms with Crippen LogP contribution in [0.2, 0.25) is 0 Å². The van der Waals surface area contributed by atoms with Crippen molar-refractivity contribution in [2.45, 2.75) is 32.6 Å². The summed E-state index contributed by atoms with van der Waals surface area (Å²) in [5, 5.41) is 13.6. The topological polar surface area (TPSA) is 55.1 Å². The van der Waals surface area contributed by atoms with Gasteiger partial charge in [-0.15, -0.1) is 0 Å². The van der Waals surface area contributed by atoms with Crippen molar-refractivity contribution in [3.05, 3.63) is 17.0 Å². The number of fused-ring (bicyclic) bond motifs is 1. The molecule has 1 aromatic heterocycles. The van der Waals surface area contributed by atoms with E-state index in [4.69, 9.17) is 0 Å². The Balaban J connectivity index is 2.55. The third kappa shape index (κ3) is 1.44. The molecule has 2 rings (SSSR count). The molecule has 1 aliphatic rings. The van der Waals surface area contributed by atoms with Gasteiger partial charge in [-0.3, -0.25) is 9.48 Å². The number of aromatic nitrogens is 2. The van der Waals surface area contributed by atoms with Crippen molar-refractivity contribution in [2.75, 3.05) is 0 Å². The molecule has 15 heavy (non-hydrogen) atoms. The second kappa shape index (κ2) is 3.36. The quantitative estimate of drug-likeness (QED) is 0.760. The summed E-state index contributed by atoms with van der Waals surface area (Å²) in [5.74, 6) is -0.889. The van der Waals surface area contributed by atoms with Crippen molar-refractivity contribution in [1.29, 1.82) is 0 Å². The largest absolute Gasteiger partial charge is 0.481 e. The molecule has 0 saturated carbocycles. The Kier molecular flexibility index (Phi) is 2.29. The predicted octanol–water partition coefficient (Wildman–Crippen LogP) is 1.48. The lowest BCUT2D eigenvalue weighted by Crippen LogP contribution is -2.25. The van der Waals surface area contributed by atoms with Crippen molar-refractivity contribution in [2.24, 2.45) is 13.0 Å². The van der Waals surface area contributed by atoms with E-state index in [0.717, 1.165) is 29.8 Å². The smallest absolute Gasteiger partial charge is 0.311 e. The molecule has 82 valence electrons. The van der Waals surface area contributed by atoms with Gasteiger partial charge in [0.1, 0.15) is 0 Å². The number of hydrogen-bond donors (Lipinski definition) is 1. The third-order valence-corrected chi connectivity index (χ3v) is 3.44. The van der Waals surface area contributed by atoms with E-state index >= 15 is 0 Å². The number of carbonyl (C=O) groups is 1. The van der Waals surface area contributed by atoms with Gasteiger partial charge in [0.25, 0.3) is 0 Å². The predicted molar refractivity (Wildman–Crippen MR) is 55.8 cm³/mol. The number of aliphatic carboxylic acids is 1. The first-order chi connectivity index (χ1) is 7.02. The second-order valence-corrected chi connectivity index (χ2v) is 4.40. The summed E-state index contributed by atoms with van der Waals surface area (Å²) in [6, 6.07) is 0. The van der Waals surface area contributed by atoms with Crippen LogP contribution >= 0.6 is 0 Å². The van der Waals surface area contributed by atoms with Crippen LogP contribution in [0, 0.1) is 12.8 Å². The highest BCUT2D eigenvalue weighted by Crippen LogP contribution is 2.37. The summed E-state index contributed by atoms with van der Waals surface area (Å²) in [6.07, 6.45) is 1.82. The normalized spacial score (nSPS) is 25.0. The van der Waals surface area contributed by atoms with Crippen molar-refractivity contribution in [3.63, 3.8) is 0 Å². The van der Waals surface area contributed by atoms with E-state index < -0.39 is 5.97 Å². The Hall–Kier alpha value is -1.32. The number of carboxylic acids is 1. The second-order valence-electron chi connectivity index (χ2n) is 4.40. The molecule has 0 radical (unpaired) electrons. The molecule has 1 heterocycles. The third-order valence-electron chi connectivity index (χ3n) is 3.44. The van der Waals surface area contributed by atoms with Gasteiger partial charge in [0.05, 0.1) is 11.6 Å². The first kappa shape index (κ1) is 10.2. The molecular formula is C11H16N2O2. The molecule has 0 fully saturated rings. The van der Waals surface area contributed by atoms with E-state index in [2.05, 4.69) is 5.10 Å². The minimum absolute atomic E-state index is 0.206. The van der Waals surface area contributed by atoms with Crippen LogP contribution < -0.4 is 0 Å². The van der Waals surface area contributed by atoms with E-state index in [0.29, 0.717) is 0 Å². The molecule has 4 nitrogen and oxygen atoms in total. The van der Waals surface area contributed by atoms with Crippen molar-refractivity contribution in [3.8, 4) is 0 Å². The monoisotopic (exact) mass is 208 g/mol. The maximum atomic E-state index is 11.3. The van der Waals surface area contributed by atoms with Gasteiger partial charge in [0.2, 0.25) is 0 Å². The summed E-state index contributed by atoms with van der Waals surface area (Å²) in [5.41, 5.74) is 2.91. The zero-order chi connectivity index (χ0) is 11.2. The van der Waals surface area contributed by atoms with Gasteiger partial charge in [-0.05, 0) is 25.7 Å². The molecule has 2 atom stereocenters. The number of aryl methyl sites for hydroxylation is 2. The van der Waals surface area contributed by atoms with Crippen LogP contribution in [-0.2, 0) is 18.3 Å². The van der Waals surface area contributed by atoms with Gasteiger partial charge in [-0.25, -0.2) is 0 Å². The van der Waals surface area contributed by atoms with Crippen LogP contribution in [0.25, 0.3) is 0 Å². The van der Waals surface area contributed by atoms with Gasteiger partial charge in [0.15, 0.2) is 0 Å². The van der Waals surface area contributed by atoms with Gasteiger partial charge >= 0.3 is 5.97 Å². The van der Waals surface area contributed by atoms with Crippen LogP contribution in [-0.4, -0.2) is 20.9 Å². The van der Waals surface area contributed by atoms with Gasteiger partial charge in [-0.2, -0.15) is 5.10 Å². The molecule has 0 amide bonds. The Morgan fingerprint density at radius 3 is 2.87 bits per heavy atom. The summed E-state index contributed by atoms with van der Waals surface area (Å²) < 4.78 is 1.79. The summed E-state index contributed by atoms with van der Waals surface area (Å²) in [7, 11) is 1.87. The molecule has 1 N–H and O–H groups in total. The molecular weight excluding hydrogens is 192 g/mol. The van der Waals surface area contributed by atoms with Gasteiger partial charge in [0, 0.05) is 18.3 Å². The number of nitrogens with zero attached hydrogens (tertiary/aromatic N) is 2. The lowest BCUT2D eigenvalue weighted by Gasteiger charge is -2.25. The van der Waals surface area contributed by atoms with E-state index in [1.54, 1.807) is 4.68 Å². The Labute approximate surface area is 88.9 Å². The molecule has 2 unspecified atom stereocenters.